The first-order valence-electron chi connectivity index (χ1n) is 5.52. The number of carbonyl (C=O) groups is 1. The fraction of sp³-hybridized carbons (Fsp3) is 0.0833. The largest absolute Gasteiger partial charge is 0.328 e. The van der Waals surface area contributed by atoms with Crippen LogP contribution in [0.5, 0.6) is 0 Å². The number of benzene rings is 1. The van der Waals surface area contributed by atoms with Crippen LogP contribution < -0.4 is 5.32 Å². The minimum Gasteiger partial charge on any atom is -0.328 e. The number of hydrogen-bond acceptors (Lipinski definition) is 4. The van der Waals surface area contributed by atoms with Crippen molar-refractivity contribution in [2.24, 2.45) is 0 Å². The van der Waals surface area contributed by atoms with Crippen molar-refractivity contribution in [1.82, 2.24) is 14.5 Å². The quantitative estimate of drug-likeness (QED) is 0.798. The van der Waals surface area contributed by atoms with Crippen LogP contribution in [0.3, 0.4) is 0 Å². The van der Waals surface area contributed by atoms with E-state index < -0.39 is 0 Å². The zero-order valence-corrected chi connectivity index (χ0v) is 10.5. The van der Waals surface area contributed by atoms with E-state index in [1.165, 1.54) is 23.5 Å². The van der Waals surface area contributed by atoms with Gasteiger partial charge in [0.1, 0.15) is 12.4 Å². The van der Waals surface area contributed by atoms with Crippen molar-refractivity contribution in [2.45, 2.75) is 6.54 Å². The molecule has 2 aromatic heterocycles. The van der Waals surface area contributed by atoms with Gasteiger partial charge in [0.05, 0.1) is 16.5 Å². The van der Waals surface area contributed by atoms with Gasteiger partial charge >= 0.3 is 0 Å². The minimum atomic E-state index is -0.313. The third-order valence-electron chi connectivity index (χ3n) is 2.48. The smallest absolute Gasteiger partial charge is 0.246 e. The lowest BCUT2D eigenvalue weighted by Gasteiger charge is -2.01. The molecule has 0 fully saturated rings. The number of nitrogens with zero attached hydrogens (tertiary/aromatic N) is 3. The van der Waals surface area contributed by atoms with E-state index in [0.29, 0.717) is 15.3 Å². The number of nitrogens with one attached hydrogen (secondary N) is 1. The summed E-state index contributed by atoms with van der Waals surface area (Å²) in [5.41, 5.74) is 0.671. The number of fused-ring (bicyclic) bond motifs is 1. The number of carbonyl (C=O) groups excluding carboxylic acids is 1. The van der Waals surface area contributed by atoms with Crippen LogP contribution >= 0.6 is 11.3 Å². The number of halogens is 1. The molecule has 0 aliphatic rings. The summed E-state index contributed by atoms with van der Waals surface area (Å²) in [5.74, 6) is -0.509. The second-order valence-corrected chi connectivity index (χ2v) is 4.94. The van der Waals surface area contributed by atoms with Gasteiger partial charge < -0.3 is 9.88 Å². The molecule has 0 radical (unpaired) electrons. The Bertz CT molecular complexity index is 722. The number of imidazole rings is 1. The zero-order chi connectivity index (χ0) is 13.2. The van der Waals surface area contributed by atoms with E-state index in [1.54, 1.807) is 29.4 Å². The molecule has 0 aliphatic carbocycles. The van der Waals surface area contributed by atoms with Crippen LogP contribution in [0.1, 0.15) is 0 Å². The summed E-state index contributed by atoms with van der Waals surface area (Å²) in [6.45, 7) is 0.171. The van der Waals surface area contributed by atoms with E-state index in [1.807, 2.05) is 0 Å². The third kappa shape index (κ3) is 2.60. The van der Waals surface area contributed by atoms with Crippen LogP contribution in [-0.2, 0) is 11.3 Å². The van der Waals surface area contributed by atoms with Gasteiger partial charge in [0, 0.05) is 12.4 Å². The van der Waals surface area contributed by atoms with Gasteiger partial charge in [0.15, 0.2) is 5.13 Å². The first-order valence-corrected chi connectivity index (χ1v) is 6.34. The maximum absolute atomic E-state index is 13.0. The summed E-state index contributed by atoms with van der Waals surface area (Å²) in [6, 6.07) is 4.34. The van der Waals surface area contributed by atoms with Gasteiger partial charge in [0.2, 0.25) is 5.91 Å². The molecule has 0 atom stereocenters. The molecular formula is C12H9FN4OS. The molecule has 0 unspecified atom stereocenters. The standard InChI is InChI=1S/C12H9FN4OS/c13-8-1-2-9-10(5-8)19-12(15-9)16-11(18)6-17-4-3-14-7-17/h1-5,7H,6H2,(H,15,16,18). The summed E-state index contributed by atoms with van der Waals surface area (Å²) < 4.78 is 15.4. The summed E-state index contributed by atoms with van der Waals surface area (Å²) in [4.78, 5) is 19.8. The fourth-order valence-electron chi connectivity index (χ4n) is 1.66. The van der Waals surface area contributed by atoms with Crippen LogP contribution in [0.2, 0.25) is 0 Å². The number of anilines is 1. The van der Waals surface area contributed by atoms with Crippen molar-refractivity contribution in [3.05, 3.63) is 42.7 Å². The molecule has 0 aliphatic heterocycles. The second kappa shape index (κ2) is 4.77. The molecule has 7 heteroatoms. The lowest BCUT2D eigenvalue weighted by molar-refractivity contribution is -0.116. The number of aromatic nitrogens is 3. The van der Waals surface area contributed by atoms with Crippen LogP contribution in [0.15, 0.2) is 36.9 Å². The molecule has 1 aromatic carbocycles. The molecule has 3 aromatic rings. The highest BCUT2D eigenvalue weighted by Gasteiger charge is 2.08. The fourth-order valence-corrected chi connectivity index (χ4v) is 2.56. The van der Waals surface area contributed by atoms with E-state index in [9.17, 15) is 9.18 Å². The van der Waals surface area contributed by atoms with Gasteiger partial charge in [-0.1, -0.05) is 11.3 Å². The van der Waals surface area contributed by atoms with Gasteiger partial charge in [-0.15, -0.1) is 0 Å². The molecule has 1 N–H and O–H groups in total. The maximum atomic E-state index is 13.0. The molecule has 0 saturated heterocycles. The Hall–Kier alpha value is -2.28. The highest BCUT2D eigenvalue weighted by atomic mass is 32.1. The van der Waals surface area contributed by atoms with Crippen molar-refractivity contribution < 1.29 is 9.18 Å². The predicted octanol–water partition coefficient (Wildman–Crippen LogP) is 2.27. The Morgan fingerprint density at radius 3 is 3.16 bits per heavy atom. The van der Waals surface area contributed by atoms with Crippen LogP contribution in [0.25, 0.3) is 10.2 Å². The highest BCUT2D eigenvalue weighted by molar-refractivity contribution is 7.22. The highest BCUT2D eigenvalue weighted by Crippen LogP contribution is 2.26. The van der Waals surface area contributed by atoms with E-state index in [2.05, 4.69) is 15.3 Å². The van der Waals surface area contributed by atoms with Crippen molar-refractivity contribution >= 4 is 32.6 Å². The van der Waals surface area contributed by atoms with Crippen LogP contribution in [0.4, 0.5) is 9.52 Å². The van der Waals surface area contributed by atoms with Gasteiger partial charge in [-0.25, -0.2) is 14.4 Å². The Morgan fingerprint density at radius 2 is 2.37 bits per heavy atom. The molecule has 96 valence electrons. The van der Waals surface area contributed by atoms with Gasteiger partial charge in [-0.3, -0.25) is 4.79 Å². The molecule has 5 nitrogen and oxygen atoms in total. The molecule has 1 amide bonds. The molecule has 19 heavy (non-hydrogen) atoms. The average Bonchev–Trinajstić information content (AvgIpc) is 2.97. The second-order valence-electron chi connectivity index (χ2n) is 3.91. The number of hydrogen-bond donors (Lipinski definition) is 1. The van der Waals surface area contributed by atoms with E-state index in [0.717, 1.165) is 0 Å². The van der Waals surface area contributed by atoms with E-state index in [4.69, 9.17) is 0 Å². The SMILES string of the molecule is O=C(Cn1ccnc1)Nc1nc2ccc(F)cc2s1. The van der Waals surface area contributed by atoms with Crippen molar-refractivity contribution in [3.8, 4) is 0 Å². The number of amides is 1. The average molecular weight is 276 g/mol. The van der Waals surface area contributed by atoms with Crippen molar-refractivity contribution in [2.75, 3.05) is 5.32 Å². The molecule has 0 spiro atoms. The topological polar surface area (TPSA) is 59.8 Å². The summed E-state index contributed by atoms with van der Waals surface area (Å²) in [5, 5.41) is 3.15. The summed E-state index contributed by atoms with van der Waals surface area (Å²) in [6.07, 6.45) is 4.87. The van der Waals surface area contributed by atoms with Crippen molar-refractivity contribution in [1.29, 1.82) is 0 Å². The third-order valence-corrected chi connectivity index (χ3v) is 3.42. The Labute approximate surface area is 111 Å². The first kappa shape index (κ1) is 11.8. The van der Waals surface area contributed by atoms with Crippen LogP contribution in [0, 0.1) is 5.82 Å². The normalized spacial score (nSPS) is 10.8. The molecule has 3 rings (SSSR count). The van der Waals surface area contributed by atoms with E-state index >= 15 is 0 Å². The minimum absolute atomic E-state index is 0.171. The molecule has 0 saturated carbocycles. The predicted molar refractivity (Wildman–Crippen MR) is 70.4 cm³/mol. The molecular weight excluding hydrogens is 267 g/mol. The summed E-state index contributed by atoms with van der Waals surface area (Å²) in [7, 11) is 0. The Balaban J connectivity index is 1.76. The van der Waals surface area contributed by atoms with Crippen LogP contribution in [-0.4, -0.2) is 20.4 Å². The Morgan fingerprint density at radius 1 is 1.47 bits per heavy atom. The lowest BCUT2D eigenvalue weighted by Crippen LogP contribution is -2.17. The first-order chi connectivity index (χ1) is 9.20. The zero-order valence-electron chi connectivity index (χ0n) is 9.71. The van der Waals surface area contributed by atoms with E-state index in [-0.39, 0.29) is 18.3 Å². The lowest BCUT2D eigenvalue weighted by atomic mass is 10.3. The van der Waals surface area contributed by atoms with Gasteiger partial charge in [-0.05, 0) is 18.2 Å². The van der Waals surface area contributed by atoms with Crippen molar-refractivity contribution in [3.63, 3.8) is 0 Å². The number of thiazole rings is 1. The Kier molecular flexibility index (Phi) is 2.96. The number of rotatable bonds is 3. The van der Waals surface area contributed by atoms with Gasteiger partial charge in [-0.2, -0.15) is 0 Å². The molecule has 2 heterocycles. The summed E-state index contributed by atoms with van der Waals surface area (Å²) >= 11 is 1.24. The van der Waals surface area contributed by atoms with Gasteiger partial charge in [0.25, 0.3) is 0 Å². The maximum Gasteiger partial charge on any atom is 0.246 e. The monoisotopic (exact) mass is 276 g/mol. The molecule has 0 bridgehead atoms.